The largest absolute Gasteiger partial charge is 0 e. The molecule has 0 aromatic carbocycles. The molecule has 0 spiro atoms. The van der Waals surface area contributed by atoms with E-state index in [1.54, 1.807) is 0 Å². The van der Waals surface area contributed by atoms with Crippen LogP contribution in [0, 0.1) is 0 Å². The van der Waals surface area contributed by atoms with Crippen LogP contribution in [0.2, 0.25) is 0 Å². The molecule has 0 bridgehead atoms. The molecule has 0 aromatic heterocycles. The van der Waals surface area contributed by atoms with Crippen molar-refractivity contribution in [2.45, 2.75) is 0 Å². The number of hydrogen-bond acceptors (Lipinski definition) is 4. The SMILES string of the molecule is [BiH3].[OH][Ti]([OH])([OH])[OH].[Zr]. The standard InChI is InChI=1S/Bi.4H2O.Ti.Zr.3H/h;4*1H2;;;;;/q;;;;;+4;;;;/p-4. The molecular formula is H7BiO4TiZr. The summed E-state index contributed by atoms with van der Waals surface area (Å²) in [4.78, 5) is 0. The molecule has 0 saturated carbocycles. The zero-order chi connectivity index (χ0) is 4.50. The van der Waals surface area contributed by atoms with Gasteiger partial charge in [-0.05, 0) is 0 Å². The van der Waals surface area contributed by atoms with Gasteiger partial charge in [-0.3, -0.25) is 0 Å². The molecule has 0 unspecified atom stereocenters. The Morgan fingerprint density at radius 2 is 0.857 bits per heavy atom. The normalized spacial score (nSPS) is 8.57. The van der Waals surface area contributed by atoms with Gasteiger partial charge in [0, 0.05) is 26.2 Å². The van der Waals surface area contributed by atoms with Crippen molar-refractivity contribution in [3.05, 3.63) is 0 Å². The average molecular weight is 419 g/mol. The Morgan fingerprint density at radius 3 is 0.857 bits per heavy atom. The van der Waals surface area contributed by atoms with Gasteiger partial charge in [-0.15, -0.1) is 0 Å². The number of rotatable bonds is 0. The molecule has 0 aliphatic heterocycles. The summed E-state index contributed by atoms with van der Waals surface area (Å²) in [7, 11) is 0. The molecule has 0 radical (unpaired) electrons. The molecule has 7 heteroatoms. The molecule has 44 valence electrons. The summed E-state index contributed by atoms with van der Waals surface area (Å²) in [6.45, 7) is 0. The Balaban J connectivity index is -0.0000000800. The fourth-order valence-electron chi connectivity index (χ4n) is 0. The molecule has 0 heterocycles. The van der Waals surface area contributed by atoms with Crippen LogP contribution in [0.15, 0.2) is 0 Å². The van der Waals surface area contributed by atoms with E-state index in [-0.39, 0.29) is 52.4 Å². The van der Waals surface area contributed by atoms with Crippen LogP contribution >= 0.6 is 0 Å². The van der Waals surface area contributed by atoms with Crippen LogP contribution in [-0.4, -0.2) is 41.0 Å². The first-order valence-electron chi connectivity index (χ1n) is 0.894. The maximum absolute atomic E-state index is 7.38. The van der Waals surface area contributed by atoms with Crippen LogP contribution in [0.1, 0.15) is 0 Å². The second-order valence-electron chi connectivity index (χ2n) is 0.600. The van der Waals surface area contributed by atoms with Crippen LogP contribution in [0.3, 0.4) is 0 Å². The maximum Gasteiger partial charge on any atom is 0 e. The summed E-state index contributed by atoms with van der Waals surface area (Å²) in [5, 5.41) is 0. The van der Waals surface area contributed by atoms with E-state index in [1.807, 2.05) is 0 Å². The maximum atomic E-state index is 7.38. The number of hydrogen-bond donors (Lipinski definition) is 4. The molecule has 0 fully saturated rings. The quantitative estimate of drug-likeness (QED) is 0.309. The molecule has 0 rings (SSSR count). The third-order valence-electron chi connectivity index (χ3n) is 0. The monoisotopic (exact) mass is 418 g/mol. The van der Waals surface area contributed by atoms with Crippen molar-refractivity contribution in [1.82, 2.24) is 0 Å². The first-order valence-corrected chi connectivity index (χ1v) is 3.69. The second-order valence-corrected chi connectivity index (χ2v) is 2.47. The van der Waals surface area contributed by atoms with E-state index in [0.29, 0.717) is 0 Å². The summed E-state index contributed by atoms with van der Waals surface area (Å²) >= 11 is -5.00. The van der Waals surface area contributed by atoms with Crippen molar-refractivity contribution in [1.29, 1.82) is 0 Å². The van der Waals surface area contributed by atoms with Crippen LogP contribution in [0.5, 0.6) is 0 Å². The fraction of sp³-hybridized carbons (Fsp3) is 0. The molecule has 0 aromatic rings. The third kappa shape index (κ3) is 61.7. The molecule has 0 saturated heterocycles. The molecule has 0 aliphatic carbocycles. The minimum absolute atomic E-state index is 0. The smallest absolute Gasteiger partial charge is 0 e. The molecule has 0 aliphatic rings. The Bertz CT molecular complexity index is 27.2. The van der Waals surface area contributed by atoms with Gasteiger partial charge in [0.2, 0.25) is 0 Å². The Labute approximate surface area is 84.1 Å². The first-order chi connectivity index (χ1) is 2.00. The van der Waals surface area contributed by atoms with Crippen molar-refractivity contribution in [3.63, 3.8) is 0 Å². The van der Waals surface area contributed by atoms with E-state index in [0.717, 1.165) is 0 Å². The van der Waals surface area contributed by atoms with Gasteiger partial charge in [-0.25, -0.2) is 0 Å². The van der Waals surface area contributed by atoms with Gasteiger partial charge in [0.25, 0.3) is 0 Å². The third-order valence-corrected chi connectivity index (χ3v) is 0. The van der Waals surface area contributed by atoms with Crippen molar-refractivity contribution in [2.75, 3.05) is 0 Å². The van der Waals surface area contributed by atoms with Gasteiger partial charge >= 0.3 is 59.1 Å². The van der Waals surface area contributed by atoms with E-state index in [4.69, 9.17) is 14.8 Å². The molecule has 0 amide bonds. The van der Waals surface area contributed by atoms with Crippen LogP contribution in [-0.2, 0) is 44.3 Å². The first kappa shape index (κ1) is 16.2. The summed E-state index contributed by atoms with van der Waals surface area (Å²) in [6, 6.07) is 0. The van der Waals surface area contributed by atoms with Gasteiger partial charge in [0.05, 0.1) is 0 Å². The van der Waals surface area contributed by atoms with Gasteiger partial charge in [-0.2, -0.15) is 0 Å². The molecule has 7 heavy (non-hydrogen) atoms. The predicted molar refractivity (Wildman–Crippen MR) is 18.8 cm³/mol. The Morgan fingerprint density at radius 1 is 0.857 bits per heavy atom. The Hall–Kier alpha value is 2.32. The Kier molecular flexibility index (Phi) is 14.9. The average Bonchev–Trinajstić information content (AvgIpc) is 0.722. The minimum atomic E-state index is -5.00. The van der Waals surface area contributed by atoms with Crippen molar-refractivity contribution < 1.29 is 59.1 Å². The van der Waals surface area contributed by atoms with Crippen molar-refractivity contribution in [2.24, 2.45) is 0 Å². The van der Waals surface area contributed by atoms with E-state index in [9.17, 15) is 0 Å². The zero-order valence-corrected chi connectivity index (χ0v) is 13.0. The van der Waals surface area contributed by atoms with Crippen LogP contribution < -0.4 is 0 Å². The molecule has 4 N–H and O–H groups in total. The van der Waals surface area contributed by atoms with E-state index >= 15 is 0 Å². The van der Waals surface area contributed by atoms with Gasteiger partial charge < -0.3 is 0 Å². The topological polar surface area (TPSA) is 80.9 Å². The summed E-state index contributed by atoms with van der Waals surface area (Å²) in [6.07, 6.45) is 0. The second kappa shape index (κ2) is 6.44. The summed E-state index contributed by atoms with van der Waals surface area (Å²) in [5.41, 5.74) is 0. The van der Waals surface area contributed by atoms with Crippen molar-refractivity contribution in [3.8, 4) is 0 Å². The van der Waals surface area contributed by atoms with Crippen molar-refractivity contribution >= 4 is 26.2 Å². The minimum Gasteiger partial charge on any atom is 0 e. The zero-order valence-electron chi connectivity index (χ0n) is 3.50. The summed E-state index contributed by atoms with van der Waals surface area (Å²) < 4.78 is 29.5. The van der Waals surface area contributed by atoms with Crippen LogP contribution in [0.25, 0.3) is 0 Å². The summed E-state index contributed by atoms with van der Waals surface area (Å²) in [5.74, 6) is 0. The van der Waals surface area contributed by atoms with Gasteiger partial charge in [0.1, 0.15) is 0 Å². The van der Waals surface area contributed by atoms with E-state index < -0.39 is 18.1 Å². The molecular weight excluding hydrogens is 412 g/mol. The van der Waals surface area contributed by atoms with E-state index in [2.05, 4.69) is 0 Å². The molecule has 4 nitrogen and oxygen atoms in total. The van der Waals surface area contributed by atoms with Crippen LogP contribution in [0.4, 0.5) is 0 Å². The molecule has 0 atom stereocenters. The fourth-order valence-corrected chi connectivity index (χ4v) is 0. The predicted octanol–water partition coefficient (Wildman–Crippen LogP) is -3.42. The van der Waals surface area contributed by atoms with Gasteiger partial charge in [0.15, 0.2) is 0 Å². The van der Waals surface area contributed by atoms with Gasteiger partial charge in [-0.1, -0.05) is 0 Å². The van der Waals surface area contributed by atoms with E-state index in [1.165, 1.54) is 0 Å².